The summed E-state index contributed by atoms with van der Waals surface area (Å²) in [4.78, 5) is 11.9. The van der Waals surface area contributed by atoms with Gasteiger partial charge in [0, 0.05) is 12.2 Å². The highest BCUT2D eigenvalue weighted by Crippen LogP contribution is 2.28. The second-order valence-corrected chi connectivity index (χ2v) is 5.14. The number of hydrogen-bond donors (Lipinski definition) is 2. The topological polar surface area (TPSA) is 57.8 Å². The third-order valence-corrected chi connectivity index (χ3v) is 3.89. The highest BCUT2D eigenvalue weighted by Gasteiger charge is 2.22. The van der Waals surface area contributed by atoms with Gasteiger partial charge >= 0.3 is 0 Å². The number of nitrogens with zero attached hydrogens (tertiary/aromatic N) is 1. The zero-order chi connectivity index (χ0) is 12.3. The average molecular weight is 235 g/mol. The second kappa shape index (κ2) is 5.34. The number of aromatic amines is 1. The average Bonchev–Trinajstić information content (AvgIpc) is 2.74. The first kappa shape index (κ1) is 12.1. The number of aryl methyl sites for hydroxylation is 1. The molecule has 1 heterocycles. The number of nitrogens with one attached hydrogen (secondary N) is 2. The summed E-state index contributed by atoms with van der Waals surface area (Å²) in [5.41, 5.74) is 1.49. The summed E-state index contributed by atoms with van der Waals surface area (Å²) >= 11 is 0. The summed E-state index contributed by atoms with van der Waals surface area (Å²) in [6.07, 6.45) is 6.77. The van der Waals surface area contributed by atoms with Gasteiger partial charge in [-0.2, -0.15) is 5.10 Å². The number of H-pyrrole nitrogens is 1. The van der Waals surface area contributed by atoms with E-state index in [0.29, 0.717) is 11.5 Å². The van der Waals surface area contributed by atoms with Crippen molar-refractivity contribution in [2.75, 3.05) is 6.54 Å². The van der Waals surface area contributed by atoms with E-state index in [9.17, 15) is 4.79 Å². The van der Waals surface area contributed by atoms with Crippen LogP contribution in [0.2, 0.25) is 0 Å². The third kappa shape index (κ3) is 2.87. The minimum Gasteiger partial charge on any atom is -0.352 e. The van der Waals surface area contributed by atoms with Gasteiger partial charge in [0.2, 0.25) is 0 Å². The van der Waals surface area contributed by atoms with E-state index in [0.717, 1.165) is 18.2 Å². The molecule has 0 bridgehead atoms. The van der Waals surface area contributed by atoms with Gasteiger partial charge in [0.05, 0.1) is 11.8 Å². The van der Waals surface area contributed by atoms with Crippen LogP contribution in [0.25, 0.3) is 0 Å². The molecule has 1 aromatic heterocycles. The van der Waals surface area contributed by atoms with Crippen LogP contribution in [0.15, 0.2) is 6.20 Å². The van der Waals surface area contributed by atoms with Gasteiger partial charge in [0.25, 0.3) is 5.91 Å². The molecule has 1 aromatic rings. The van der Waals surface area contributed by atoms with Crippen LogP contribution in [-0.4, -0.2) is 22.6 Å². The molecule has 94 valence electrons. The lowest BCUT2D eigenvalue weighted by Gasteiger charge is -2.28. The summed E-state index contributed by atoms with van der Waals surface area (Å²) in [7, 11) is 0. The van der Waals surface area contributed by atoms with Gasteiger partial charge in [-0.25, -0.2) is 0 Å². The standard InChI is InChI=1S/C13H21N3O/c1-9-5-3-4-6-11(9)7-14-13(17)12-8-15-16-10(12)2/h8-9,11H,3-7H2,1-2H3,(H,14,17)(H,15,16). The fourth-order valence-corrected chi connectivity index (χ4v) is 2.59. The van der Waals surface area contributed by atoms with Gasteiger partial charge in [0.15, 0.2) is 0 Å². The van der Waals surface area contributed by atoms with Crippen LogP contribution in [-0.2, 0) is 0 Å². The Morgan fingerprint density at radius 1 is 1.53 bits per heavy atom. The van der Waals surface area contributed by atoms with Crippen molar-refractivity contribution in [3.63, 3.8) is 0 Å². The molecule has 0 spiro atoms. The molecule has 4 nitrogen and oxygen atoms in total. The minimum atomic E-state index is -0.00553. The molecule has 17 heavy (non-hydrogen) atoms. The van der Waals surface area contributed by atoms with Crippen LogP contribution in [0.1, 0.15) is 48.7 Å². The Labute approximate surface area is 102 Å². The zero-order valence-electron chi connectivity index (χ0n) is 10.6. The molecule has 1 saturated carbocycles. The molecule has 1 aliphatic carbocycles. The number of hydrogen-bond acceptors (Lipinski definition) is 2. The molecule has 4 heteroatoms. The SMILES string of the molecule is Cc1[nH]ncc1C(=O)NCC1CCCCC1C. The smallest absolute Gasteiger partial charge is 0.254 e. The molecule has 2 unspecified atom stereocenters. The first-order valence-corrected chi connectivity index (χ1v) is 6.46. The summed E-state index contributed by atoms with van der Waals surface area (Å²) in [6.45, 7) is 4.95. The van der Waals surface area contributed by atoms with Gasteiger partial charge < -0.3 is 5.32 Å². The van der Waals surface area contributed by atoms with Crippen molar-refractivity contribution in [2.45, 2.75) is 39.5 Å². The summed E-state index contributed by atoms with van der Waals surface area (Å²) in [5.74, 6) is 1.36. The Kier molecular flexibility index (Phi) is 3.82. The van der Waals surface area contributed by atoms with E-state index in [1.54, 1.807) is 6.20 Å². The molecular weight excluding hydrogens is 214 g/mol. The number of amides is 1. The largest absolute Gasteiger partial charge is 0.352 e. The Morgan fingerprint density at radius 3 is 2.94 bits per heavy atom. The van der Waals surface area contributed by atoms with Gasteiger partial charge in [-0.15, -0.1) is 0 Å². The van der Waals surface area contributed by atoms with Crippen molar-refractivity contribution >= 4 is 5.91 Å². The molecule has 2 rings (SSSR count). The van der Waals surface area contributed by atoms with Crippen LogP contribution < -0.4 is 5.32 Å². The van der Waals surface area contributed by atoms with Gasteiger partial charge in [-0.3, -0.25) is 9.89 Å². The maximum atomic E-state index is 11.9. The predicted molar refractivity (Wildman–Crippen MR) is 66.8 cm³/mol. The maximum absolute atomic E-state index is 11.9. The summed E-state index contributed by atoms with van der Waals surface area (Å²) in [6, 6.07) is 0. The van der Waals surface area contributed by atoms with Crippen LogP contribution in [0, 0.1) is 18.8 Å². The Morgan fingerprint density at radius 2 is 2.29 bits per heavy atom. The molecule has 1 aliphatic rings. The van der Waals surface area contributed by atoms with Crippen molar-refractivity contribution in [3.05, 3.63) is 17.5 Å². The molecular formula is C13H21N3O. The van der Waals surface area contributed by atoms with Gasteiger partial charge in [-0.1, -0.05) is 26.2 Å². The fourth-order valence-electron chi connectivity index (χ4n) is 2.59. The van der Waals surface area contributed by atoms with E-state index < -0.39 is 0 Å². The Bertz CT molecular complexity index is 386. The highest BCUT2D eigenvalue weighted by atomic mass is 16.1. The lowest BCUT2D eigenvalue weighted by atomic mass is 9.80. The zero-order valence-corrected chi connectivity index (χ0v) is 10.6. The van der Waals surface area contributed by atoms with Crippen LogP contribution in [0.5, 0.6) is 0 Å². The second-order valence-electron chi connectivity index (χ2n) is 5.14. The van der Waals surface area contributed by atoms with Crippen molar-refractivity contribution in [1.29, 1.82) is 0 Å². The molecule has 1 amide bonds. The predicted octanol–water partition coefficient (Wildman–Crippen LogP) is 2.27. The fraction of sp³-hybridized carbons (Fsp3) is 0.692. The lowest BCUT2D eigenvalue weighted by molar-refractivity contribution is 0.0936. The van der Waals surface area contributed by atoms with Crippen LogP contribution in [0.3, 0.4) is 0 Å². The first-order valence-electron chi connectivity index (χ1n) is 6.46. The Balaban J connectivity index is 1.86. The molecule has 1 fully saturated rings. The lowest BCUT2D eigenvalue weighted by Crippen LogP contribution is -2.33. The van der Waals surface area contributed by atoms with Crippen molar-refractivity contribution in [1.82, 2.24) is 15.5 Å². The molecule has 0 aromatic carbocycles. The van der Waals surface area contributed by atoms with Gasteiger partial charge in [-0.05, 0) is 25.2 Å². The van der Waals surface area contributed by atoms with Crippen molar-refractivity contribution in [2.24, 2.45) is 11.8 Å². The minimum absolute atomic E-state index is 0.00553. The molecule has 2 N–H and O–H groups in total. The normalized spacial score (nSPS) is 24.6. The number of carbonyl (C=O) groups is 1. The van der Waals surface area contributed by atoms with Gasteiger partial charge in [0.1, 0.15) is 0 Å². The first-order chi connectivity index (χ1) is 8.18. The summed E-state index contributed by atoms with van der Waals surface area (Å²) in [5, 5.41) is 9.68. The molecule has 2 atom stereocenters. The van der Waals surface area contributed by atoms with E-state index in [1.165, 1.54) is 25.7 Å². The van der Waals surface area contributed by atoms with Crippen molar-refractivity contribution in [3.8, 4) is 0 Å². The van der Waals surface area contributed by atoms with E-state index in [4.69, 9.17) is 0 Å². The van der Waals surface area contributed by atoms with E-state index in [2.05, 4.69) is 22.4 Å². The van der Waals surface area contributed by atoms with Crippen LogP contribution >= 0.6 is 0 Å². The number of aromatic nitrogens is 2. The molecule has 0 aliphatic heterocycles. The van der Waals surface area contributed by atoms with E-state index >= 15 is 0 Å². The number of rotatable bonds is 3. The molecule has 0 radical (unpaired) electrons. The highest BCUT2D eigenvalue weighted by molar-refractivity contribution is 5.94. The third-order valence-electron chi connectivity index (χ3n) is 3.89. The van der Waals surface area contributed by atoms with Crippen molar-refractivity contribution < 1.29 is 4.79 Å². The monoisotopic (exact) mass is 235 g/mol. The molecule has 0 saturated heterocycles. The van der Waals surface area contributed by atoms with Crippen LogP contribution in [0.4, 0.5) is 0 Å². The maximum Gasteiger partial charge on any atom is 0.254 e. The number of carbonyl (C=O) groups excluding carboxylic acids is 1. The Hall–Kier alpha value is -1.32. The quantitative estimate of drug-likeness (QED) is 0.844. The summed E-state index contributed by atoms with van der Waals surface area (Å²) < 4.78 is 0. The van der Waals surface area contributed by atoms with E-state index in [-0.39, 0.29) is 5.91 Å². The van der Waals surface area contributed by atoms with E-state index in [1.807, 2.05) is 6.92 Å².